The third-order valence-electron chi connectivity index (χ3n) is 2.06. The molecular weight excluding hydrogens is 164 g/mol. The third kappa shape index (κ3) is 2.56. The van der Waals surface area contributed by atoms with Gasteiger partial charge in [0, 0.05) is 12.3 Å². The maximum atomic E-state index is 5.32. The summed E-state index contributed by atoms with van der Waals surface area (Å²) in [6.45, 7) is 7.58. The Hall–Kier alpha value is -0.830. The fourth-order valence-electron chi connectivity index (χ4n) is 1.26. The molecule has 1 aromatic rings. The molecule has 13 heavy (non-hydrogen) atoms. The molecule has 0 bridgehead atoms. The Morgan fingerprint density at radius 1 is 1.31 bits per heavy atom. The maximum Gasteiger partial charge on any atom is 0.139 e. The molecule has 74 valence electrons. The summed E-state index contributed by atoms with van der Waals surface area (Å²) in [5.74, 6) is 0. The SMILES string of the molecule is CCOCn1nc(CC)cc1CC. The Morgan fingerprint density at radius 3 is 2.62 bits per heavy atom. The monoisotopic (exact) mass is 182 g/mol. The molecule has 0 radical (unpaired) electrons. The van der Waals surface area contributed by atoms with Crippen molar-refractivity contribution in [1.29, 1.82) is 0 Å². The van der Waals surface area contributed by atoms with E-state index in [1.54, 1.807) is 0 Å². The lowest BCUT2D eigenvalue weighted by Crippen LogP contribution is -2.07. The number of ether oxygens (including phenoxy) is 1. The first-order valence-corrected chi connectivity index (χ1v) is 4.95. The first-order valence-electron chi connectivity index (χ1n) is 4.95. The van der Waals surface area contributed by atoms with Crippen LogP contribution in [-0.4, -0.2) is 16.4 Å². The van der Waals surface area contributed by atoms with E-state index in [1.165, 1.54) is 5.69 Å². The number of hydrogen-bond acceptors (Lipinski definition) is 2. The fraction of sp³-hybridized carbons (Fsp3) is 0.700. The molecule has 3 nitrogen and oxygen atoms in total. The summed E-state index contributed by atoms with van der Waals surface area (Å²) in [4.78, 5) is 0. The predicted molar refractivity (Wildman–Crippen MR) is 52.6 cm³/mol. The van der Waals surface area contributed by atoms with Crippen LogP contribution in [0.2, 0.25) is 0 Å². The molecule has 1 heterocycles. The minimum atomic E-state index is 0.583. The van der Waals surface area contributed by atoms with Gasteiger partial charge in [0.25, 0.3) is 0 Å². The molecule has 0 amide bonds. The highest BCUT2D eigenvalue weighted by molar-refractivity contribution is 5.09. The van der Waals surface area contributed by atoms with Gasteiger partial charge in [-0.1, -0.05) is 13.8 Å². The second-order valence-electron chi connectivity index (χ2n) is 2.96. The lowest BCUT2D eigenvalue weighted by Gasteiger charge is -2.04. The highest BCUT2D eigenvalue weighted by atomic mass is 16.5. The van der Waals surface area contributed by atoms with Gasteiger partial charge in [0.15, 0.2) is 0 Å². The molecular formula is C10H18N2O. The van der Waals surface area contributed by atoms with E-state index in [2.05, 4.69) is 25.0 Å². The van der Waals surface area contributed by atoms with Gasteiger partial charge in [0.1, 0.15) is 6.73 Å². The van der Waals surface area contributed by atoms with Crippen LogP contribution in [0.15, 0.2) is 6.07 Å². The Bertz CT molecular complexity index is 255. The van der Waals surface area contributed by atoms with E-state index in [4.69, 9.17) is 4.74 Å². The van der Waals surface area contributed by atoms with E-state index in [9.17, 15) is 0 Å². The molecule has 0 N–H and O–H groups in total. The highest BCUT2D eigenvalue weighted by Crippen LogP contribution is 2.06. The standard InChI is InChI=1S/C10H18N2O/c1-4-9-7-10(5-2)12(11-9)8-13-6-3/h7H,4-6,8H2,1-3H3. The van der Waals surface area contributed by atoms with Crippen LogP contribution in [-0.2, 0) is 24.3 Å². The molecule has 0 aliphatic rings. The Kier molecular flexibility index (Phi) is 3.96. The molecule has 0 aliphatic heterocycles. The van der Waals surface area contributed by atoms with Gasteiger partial charge in [-0.25, -0.2) is 4.68 Å². The van der Waals surface area contributed by atoms with E-state index in [-0.39, 0.29) is 0 Å². The van der Waals surface area contributed by atoms with Crippen molar-refractivity contribution in [1.82, 2.24) is 9.78 Å². The van der Waals surface area contributed by atoms with Crippen molar-refractivity contribution in [3.05, 3.63) is 17.5 Å². The van der Waals surface area contributed by atoms with Crippen LogP contribution < -0.4 is 0 Å². The molecule has 0 saturated carbocycles. The predicted octanol–water partition coefficient (Wildman–Crippen LogP) is 2.00. The van der Waals surface area contributed by atoms with Crippen molar-refractivity contribution in [3.63, 3.8) is 0 Å². The van der Waals surface area contributed by atoms with Gasteiger partial charge < -0.3 is 4.74 Å². The number of rotatable bonds is 5. The molecule has 0 aliphatic carbocycles. The van der Waals surface area contributed by atoms with Gasteiger partial charge in [0.05, 0.1) is 5.69 Å². The quantitative estimate of drug-likeness (QED) is 0.696. The molecule has 0 aromatic carbocycles. The number of aryl methyl sites for hydroxylation is 2. The van der Waals surface area contributed by atoms with Crippen molar-refractivity contribution < 1.29 is 4.74 Å². The number of aromatic nitrogens is 2. The fourth-order valence-corrected chi connectivity index (χ4v) is 1.26. The molecule has 0 atom stereocenters. The number of nitrogens with zero attached hydrogens (tertiary/aromatic N) is 2. The minimum absolute atomic E-state index is 0.583. The zero-order valence-electron chi connectivity index (χ0n) is 8.71. The maximum absolute atomic E-state index is 5.32. The van der Waals surface area contributed by atoms with Crippen LogP contribution in [0, 0.1) is 0 Å². The Morgan fingerprint density at radius 2 is 2.08 bits per heavy atom. The minimum Gasteiger partial charge on any atom is -0.360 e. The summed E-state index contributed by atoms with van der Waals surface area (Å²) in [7, 11) is 0. The molecule has 0 spiro atoms. The van der Waals surface area contributed by atoms with Crippen LogP contribution in [0.3, 0.4) is 0 Å². The Balaban J connectivity index is 2.71. The summed E-state index contributed by atoms with van der Waals surface area (Å²) >= 11 is 0. The van der Waals surface area contributed by atoms with Crippen molar-refractivity contribution in [2.75, 3.05) is 6.61 Å². The molecule has 0 fully saturated rings. The van der Waals surface area contributed by atoms with E-state index < -0.39 is 0 Å². The van der Waals surface area contributed by atoms with E-state index in [1.807, 2.05) is 11.6 Å². The molecule has 1 rings (SSSR count). The van der Waals surface area contributed by atoms with Crippen molar-refractivity contribution in [3.8, 4) is 0 Å². The summed E-state index contributed by atoms with van der Waals surface area (Å²) in [6.07, 6.45) is 2.01. The van der Waals surface area contributed by atoms with Crippen molar-refractivity contribution in [2.45, 2.75) is 40.3 Å². The van der Waals surface area contributed by atoms with E-state index >= 15 is 0 Å². The molecule has 0 saturated heterocycles. The van der Waals surface area contributed by atoms with Crippen molar-refractivity contribution in [2.24, 2.45) is 0 Å². The van der Waals surface area contributed by atoms with Crippen LogP contribution in [0.25, 0.3) is 0 Å². The van der Waals surface area contributed by atoms with Gasteiger partial charge in [-0.05, 0) is 25.8 Å². The average Bonchev–Trinajstić information content (AvgIpc) is 2.57. The van der Waals surface area contributed by atoms with Crippen LogP contribution in [0.1, 0.15) is 32.2 Å². The summed E-state index contributed by atoms with van der Waals surface area (Å²) in [5.41, 5.74) is 2.40. The normalized spacial score (nSPS) is 10.7. The average molecular weight is 182 g/mol. The summed E-state index contributed by atoms with van der Waals surface area (Å²) in [5, 5.41) is 4.43. The molecule has 0 unspecified atom stereocenters. The molecule has 3 heteroatoms. The zero-order chi connectivity index (χ0) is 9.68. The van der Waals surface area contributed by atoms with E-state index in [0.717, 1.165) is 25.1 Å². The smallest absolute Gasteiger partial charge is 0.139 e. The highest BCUT2D eigenvalue weighted by Gasteiger charge is 2.03. The zero-order valence-corrected chi connectivity index (χ0v) is 8.71. The number of hydrogen-bond donors (Lipinski definition) is 0. The van der Waals surface area contributed by atoms with Crippen molar-refractivity contribution >= 4 is 0 Å². The lowest BCUT2D eigenvalue weighted by atomic mass is 10.3. The van der Waals surface area contributed by atoms with Crippen LogP contribution >= 0.6 is 0 Å². The van der Waals surface area contributed by atoms with Gasteiger partial charge in [-0.3, -0.25) is 0 Å². The first-order chi connectivity index (χ1) is 6.31. The third-order valence-corrected chi connectivity index (χ3v) is 2.06. The first kappa shape index (κ1) is 10.3. The van der Waals surface area contributed by atoms with Gasteiger partial charge in [-0.2, -0.15) is 5.10 Å². The second-order valence-corrected chi connectivity index (χ2v) is 2.96. The molecule has 1 aromatic heterocycles. The van der Waals surface area contributed by atoms with E-state index in [0.29, 0.717) is 6.73 Å². The van der Waals surface area contributed by atoms with Crippen LogP contribution in [0.4, 0.5) is 0 Å². The topological polar surface area (TPSA) is 27.1 Å². The second kappa shape index (κ2) is 5.02. The van der Waals surface area contributed by atoms with Gasteiger partial charge >= 0.3 is 0 Å². The van der Waals surface area contributed by atoms with Gasteiger partial charge in [-0.15, -0.1) is 0 Å². The lowest BCUT2D eigenvalue weighted by molar-refractivity contribution is 0.0769. The van der Waals surface area contributed by atoms with Crippen LogP contribution in [0.5, 0.6) is 0 Å². The Labute approximate surface area is 79.7 Å². The summed E-state index contributed by atoms with van der Waals surface area (Å²) in [6, 6.07) is 2.15. The summed E-state index contributed by atoms with van der Waals surface area (Å²) < 4.78 is 7.27. The largest absolute Gasteiger partial charge is 0.360 e. The van der Waals surface area contributed by atoms with Gasteiger partial charge in [0.2, 0.25) is 0 Å².